The predicted octanol–water partition coefficient (Wildman–Crippen LogP) is 1.96. The van der Waals surface area contributed by atoms with Crippen molar-refractivity contribution in [1.29, 1.82) is 5.26 Å². The maximum absolute atomic E-state index is 13.2. The largest absolute Gasteiger partial charge is 0.466 e. The van der Waals surface area contributed by atoms with E-state index in [1.807, 2.05) is 0 Å². The number of nitrogens with zero attached hydrogens (tertiary/aromatic N) is 1. The van der Waals surface area contributed by atoms with Gasteiger partial charge in [-0.3, -0.25) is 0 Å². The molecule has 0 bridgehead atoms. The number of esters is 1. The number of aliphatic hydroxyl groups is 1. The van der Waals surface area contributed by atoms with Crippen LogP contribution in [0, 0.1) is 11.3 Å². The number of benzene rings is 1. The number of halogens is 3. The summed E-state index contributed by atoms with van der Waals surface area (Å²) in [7, 11) is 0.745. The third-order valence-corrected chi connectivity index (χ3v) is 3.09. The Balaban J connectivity index is 2.78. The Hall–Kier alpha value is -2.53. The number of nitrogens with one attached hydrogen (secondary N) is 1. The zero-order chi connectivity index (χ0) is 15.8. The molecule has 0 radical (unpaired) electrons. The smallest absolute Gasteiger partial charge is 0.432 e. The van der Waals surface area contributed by atoms with Crippen molar-refractivity contribution in [2.45, 2.75) is 11.8 Å². The third-order valence-electron chi connectivity index (χ3n) is 3.09. The minimum atomic E-state index is -5.28. The lowest BCUT2D eigenvalue weighted by Crippen LogP contribution is -2.49. The van der Waals surface area contributed by atoms with E-state index < -0.39 is 23.3 Å². The second-order valence-corrected chi connectivity index (χ2v) is 4.27. The molecule has 0 saturated carbocycles. The Kier molecular flexibility index (Phi) is 3.39. The van der Waals surface area contributed by atoms with E-state index in [9.17, 15) is 23.1 Å². The van der Waals surface area contributed by atoms with E-state index >= 15 is 0 Å². The summed E-state index contributed by atoms with van der Waals surface area (Å²) in [5.41, 5.74) is -4.18. The van der Waals surface area contributed by atoms with E-state index in [-0.39, 0.29) is 16.5 Å². The van der Waals surface area contributed by atoms with Crippen molar-refractivity contribution < 1.29 is 27.8 Å². The van der Waals surface area contributed by atoms with Crippen LogP contribution < -0.4 is 0 Å². The van der Waals surface area contributed by atoms with Gasteiger partial charge in [0.1, 0.15) is 0 Å². The fourth-order valence-corrected chi connectivity index (χ4v) is 2.02. The number of H-pyrrole nitrogens is 1. The predicted molar refractivity (Wildman–Crippen MR) is 65.0 cm³/mol. The second kappa shape index (κ2) is 4.79. The molecule has 2 N–H and O–H groups in total. The zero-order valence-corrected chi connectivity index (χ0v) is 10.7. The minimum Gasteiger partial charge on any atom is -0.466 e. The monoisotopic (exact) mass is 298 g/mol. The first kappa shape index (κ1) is 14.9. The molecule has 0 spiro atoms. The molecule has 0 aliphatic rings. The van der Waals surface area contributed by atoms with Crippen molar-refractivity contribution in [1.82, 2.24) is 4.98 Å². The summed E-state index contributed by atoms with van der Waals surface area (Å²) in [4.78, 5) is 14.0. The lowest BCUT2D eigenvalue weighted by atomic mass is 9.92. The van der Waals surface area contributed by atoms with Gasteiger partial charge in [0, 0.05) is 22.7 Å². The Morgan fingerprint density at radius 3 is 2.62 bits per heavy atom. The van der Waals surface area contributed by atoms with E-state index in [0.29, 0.717) is 0 Å². The Morgan fingerprint density at radius 2 is 2.10 bits per heavy atom. The highest BCUT2D eigenvalue weighted by Crippen LogP contribution is 2.42. The molecule has 1 unspecified atom stereocenters. The van der Waals surface area contributed by atoms with E-state index in [1.165, 1.54) is 12.1 Å². The van der Waals surface area contributed by atoms with Gasteiger partial charge in [-0.2, -0.15) is 18.4 Å². The van der Waals surface area contributed by atoms with E-state index in [4.69, 9.17) is 5.26 Å². The molecule has 0 amide bonds. The van der Waals surface area contributed by atoms with E-state index in [2.05, 4.69) is 9.72 Å². The van der Waals surface area contributed by atoms with Gasteiger partial charge in [-0.05, 0) is 18.2 Å². The van der Waals surface area contributed by atoms with E-state index in [0.717, 1.165) is 19.4 Å². The maximum Gasteiger partial charge on any atom is 0.432 e. The number of carbonyl (C=O) groups is 1. The number of ether oxygens (including phenoxy) is 1. The molecular formula is C13H9F3N2O3. The Bertz CT molecular complexity index is 745. The molecule has 0 saturated heterocycles. The molecule has 1 heterocycles. The molecule has 2 rings (SSSR count). The number of nitriles is 1. The van der Waals surface area contributed by atoms with Gasteiger partial charge in [-0.15, -0.1) is 0 Å². The number of methoxy groups -OCH3 is 1. The quantitative estimate of drug-likeness (QED) is 0.830. The normalized spacial score (nSPS) is 14.5. The van der Waals surface area contributed by atoms with E-state index in [1.54, 1.807) is 6.07 Å². The van der Waals surface area contributed by atoms with Crippen LogP contribution in [0.1, 0.15) is 11.1 Å². The molecule has 0 fully saturated rings. The summed E-state index contributed by atoms with van der Waals surface area (Å²) in [5.74, 6) is -1.85. The standard InChI is InChI=1S/C13H9F3N2O3/c1-21-11(19)12(20,13(14,15)16)9-6-18-10-3-2-7(5-17)4-8(9)10/h2-4,6,18,20H,1H3. The highest BCUT2D eigenvalue weighted by atomic mass is 19.4. The van der Waals surface area contributed by atoms with Crippen LogP contribution in [0.2, 0.25) is 0 Å². The third kappa shape index (κ3) is 2.11. The van der Waals surface area contributed by atoms with Gasteiger partial charge in [0.05, 0.1) is 18.7 Å². The van der Waals surface area contributed by atoms with Gasteiger partial charge in [0.25, 0.3) is 5.60 Å². The fourth-order valence-electron chi connectivity index (χ4n) is 2.02. The maximum atomic E-state index is 13.2. The topological polar surface area (TPSA) is 86.1 Å². The van der Waals surface area contributed by atoms with Crippen molar-refractivity contribution in [3.05, 3.63) is 35.5 Å². The first-order valence-corrected chi connectivity index (χ1v) is 5.65. The molecule has 1 aromatic heterocycles. The number of hydrogen-bond acceptors (Lipinski definition) is 4. The average Bonchev–Trinajstić information content (AvgIpc) is 2.87. The van der Waals surface area contributed by atoms with Gasteiger partial charge >= 0.3 is 12.1 Å². The molecule has 1 atom stereocenters. The number of carbonyl (C=O) groups excluding carboxylic acids is 1. The lowest BCUT2D eigenvalue weighted by Gasteiger charge is -2.27. The van der Waals surface area contributed by atoms with Crippen LogP contribution in [0.5, 0.6) is 0 Å². The summed E-state index contributed by atoms with van der Waals surface area (Å²) >= 11 is 0. The number of aromatic nitrogens is 1. The van der Waals surface area contributed by atoms with Gasteiger partial charge in [0.15, 0.2) is 0 Å². The van der Waals surface area contributed by atoms with Gasteiger partial charge < -0.3 is 14.8 Å². The molecular weight excluding hydrogens is 289 g/mol. The number of alkyl halides is 3. The van der Waals surface area contributed by atoms with Crippen LogP contribution in [0.25, 0.3) is 10.9 Å². The van der Waals surface area contributed by atoms with Crippen LogP contribution in [-0.2, 0) is 15.1 Å². The zero-order valence-electron chi connectivity index (χ0n) is 10.7. The van der Waals surface area contributed by atoms with Gasteiger partial charge in [0.2, 0.25) is 0 Å². The summed E-state index contributed by atoms with van der Waals surface area (Å²) in [6.07, 6.45) is -4.41. The summed E-state index contributed by atoms with van der Waals surface area (Å²) < 4.78 is 43.6. The van der Waals surface area contributed by atoms with Crippen molar-refractivity contribution in [3.63, 3.8) is 0 Å². The van der Waals surface area contributed by atoms with Gasteiger partial charge in [-0.25, -0.2) is 4.79 Å². The number of fused-ring (bicyclic) bond motifs is 1. The summed E-state index contributed by atoms with van der Waals surface area (Å²) in [6.45, 7) is 0. The molecule has 21 heavy (non-hydrogen) atoms. The van der Waals surface area contributed by atoms with Gasteiger partial charge in [-0.1, -0.05) is 0 Å². The molecule has 110 valence electrons. The number of rotatable bonds is 2. The molecule has 2 aromatic rings. The van der Waals surface area contributed by atoms with Crippen LogP contribution in [-0.4, -0.2) is 29.3 Å². The number of aromatic amines is 1. The van der Waals surface area contributed by atoms with Crippen LogP contribution in [0.15, 0.2) is 24.4 Å². The first-order valence-electron chi connectivity index (χ1n) is 5.65. The van der Waals surface area contributed by atoms with Crippen molar-refractivity contribution in [2.24, 2.45) is 0 Å². The lowest BCUT2D eigenvalue weighted by molar-refractivity contribution is -0.266. The SMILES string of the molecule is COC(=O)C(O)(c1c[nH]c2ccc(C#N)cc12)C(F)(F)F. The fraction of sp³-hybridized carbons (Fsp3) is 0.231. The average molecular weight is 298 g/mol. The van der Waals surface area contributed by atoms with Crippen LogP contribution in [0.3, 0.4) is 0 Å². The van der Waals surface area contributed by atoms with Crippen molar-refractivity contribution in [3.8, 4) is 6.07 Å². The van der Waals surface area contributed by atoms with Crippen LogP contribution >= 0.6 is 0 Å². The molecule has 0 aliphatic heterocycles. The van der Waals surface area contributed by atoms with Crippen molar-refractivity contribution in [2.75, 3.05) is 7.11 Å². The minimum absolute atomic E-state index is 0.0840. The molecule has 5 nitrogen and oxygen atoms in total. The summed E-state index contributed by atoms with van der Waals surface area (Å²) in [5, 5.41) is 18.7. The summed E-state index contributed by atoms with van der Waals surface area (Å²) in [6, 6.07) is 5.71. The highest BCUT2D eigenvalue weighted by molar-refractivity contribution is 5.92. The molecule has 0 aliphatic carbocycles. The molecule has 8 heteroatoms. The Morgan fingerprint density at radius 1 is 1.43 bits per heavy atom. The molecule has 1 aromatic carbocycles. The number of hydrogen-bond donors (Lipinski definition) is 2. The van der Waals surface area contributed by atoms with Crippen molar-refractivity contribution >= 4 is 16.9 Å². The highest BCUT2D eigenvalue weighted by Gasteiger charge is 2.63. The Labute approximate surface area is 116 Å². The first-order chi connectivity index (χ1) is 9.75. The van der Waals surface area contributed by atoms with Crippen LogP contribution in [0.4, 0.5) is 13.2 Å². The second-order valence-electron chi connectivity index (χ2n) is 4.27.